The van der Waals surface area contributed by atoms with Crippen LogP contribution in [0.15, 0.2) is 60.7 Å². The summed E-state index contributed by atoms with van der Waals surface area (Å²) in [6, 6.07) is 18.5. The molecule has 0 unspecified atom stereocenters. The zero-order chi connectivity index (χ0) is 22.4. The number of nitrogens with zero attached hydrogens (tertiary/aromatic N) is 1. The monoisotopic (exact) mass is 434 g/mol. The Labute approximate surface area is 188 Å². The van der Waals surface area contributed by atoms with E-state index >= 15 is 0 Å². The maximum absolute atomic E-state index is 13.4. The number of carbonyl (C=O) groups is 3. The number of esters is 1. The minimum Gasteiger partial charge on any atom is -0.461 e. The van der Waals surface area contributed by atoms with Gasteiger partial charge in [-0.15, -0.1) is 0 Å². The lowest BCUT2D eigenvalue weighted by atomic mass is 9.78. The standard InChI is InChI=1S/C26H30N2O4/c29-23(32-19-21-12-6-2-7-13-21)15-14-22-24(30)28(18-20-10-4-1-5-11-20)25(31)26(27-22)16-8-3-9-17-26/h1-2,4-7,10-13,22,27H,3,8-9,14-19H2/t22-/m0/s1. The Bertz CT molecular complexity index is 939. The average Bonchev–Trinajstić information content (AvgIpc) is 2.84. The molecule has 4 rings (SSSR count). The minimum atomic E-state index is -0.709. The summed E-state index contributed by atoms with van der Waals surface area (Å²) < 4.78 is 5.38. The molecule has 0 aromatic heterocycles. The maximum Gasteiger partial charge on any atom is 0.306 e. The number of piperazine rings is 1. The van der Waals surface area contributed by atoms with Crippen LogP contribution in [0.3, 0.4) is 0 Å². The van der Waals surface area contributed by atoms with Crippen LogP contribution in [-0.2, 0) is 32.3 Å². The molecule has 2 fully saturated rings. The van der Waals surface area contributed by atoms with Crippen molar-refractivity contribution in [3.63, 3.8) is 0 Å². The van der Waals surface area contributed by atoms with Crippen molar-refractivity contribution < 1.29 is 19.1 Å². The molecule has 6 heteroatoms. The number of hydrogen-bond donors (Lipinski definition) is 1. The van der Waals surface area contributed by atoms with Gasteiger partial charge in [-0.25, -0.2) is 0 Å². The summed E-state index contributed by atoms with van der Waals surface area (Å²) >= 11 is 0. The van der Waals surface area contributed by atoms with Crippen LogP contribution in [0, 0.1) is 0 Å². The summed E-state index contributed by atoms with van der Waals surface area (Å²) in [4.78, 5) is 40.4. The summed E-state index contributed by atoms with van der Waals surface area (Å²) in [5, 5.41) is 3.36. The van der Waals surface area contributed by atoms with Gasteiger partial charge >= 0.3 is 5.97 Å². The van der Waals surface area contributed by atoms with Gasteiger partial charge in [0.1, 0.15) is 6.61 Å². The molecule has 1 spiro atoms. The molecule has 168 valence electrons. The largest absolute Gasteiger partial charge is 0.461 e. The van der Waals surface area contributed by atoms with Crippen molar-refractivity contribution in [1.82, 2.24) is 10.2 Å². The van der Waals surface area contributed by atoms with E-state index in [1.165, 1.54) is 4.90 Å². The topological polar surface area (TPSA) is 75.7 Å². The highest BCUT2D eigenvalue weighted by molar-refractivity contribution is 6.05. The quantitative estimate of drug-likeness (QED) is 0.531. The van der Waals surface area contributed by atoms with Gasteiger partial charge in [-0.3, -0.25) is 24.6 Å². The molecule has 1 aliphatic heterocycles. The molecule has 1 aliphatic carbocycles. The molecule has 0 radical (unpaired) electrons. The van der Waals surface area contributed by atoms with Crippen LogP contribution >= 0.6 is 0 Å². The number of nitrogens with one attached hydrogen (secondary N) is 1. The van der Waals surface area contributed by atoms with E-state index in [1.807, 2.05) is 60.7 Å². The highest BCUT2D eigenvalue weighted by atomic mass is 16.5. The van der Waals surface area contributed by atoms with Gasteiger partial charge in [0.05, 0.1) is 18.1 Å². The lowest BCUT2D eigenvalue weighted by Gasteiger charge is -2.47. The number of benzene rings is 2. The second kappa shape index (κ2) is 10.1. The number of carbonyl (C=O) groups excluding carboxylic acids is 3. The van der Waals surface area contributed by atoms with Crippen molar-refractivity contribution in [2.24, 2.45) is 0 Å². The van der Waals surface area contributed by atoms with E-state index in [-0.39, 0.29) is 37.4 Å². The molecule has 2 aromatic carbocycles. The van der Waals surface area contributed by atoms with Gasteiger partial charge in [0, 0.05) is 6.42 Å². The second-order valence-corrected chi connectivity index (χ2v) is 8.74. The van der Waals surface area contributed by atoms with E-state index in [0.29, 0.717) is 6.42 Å². The predicted octanol–water partition coefficient (Wildman–Crippen LogP) is 3.74. The molecule has 2 aromatic rings. The van der Waals surface area contributed by atoms with Crippen molar-refractivity contribution in [1.29, 1.82) is 0 Å². The Morgan fingerprint density at radius 1 is 0.938 bits per heavy atom. The van der Waals surface area contributed by atoms with Crippen LogP contribution in [0.4, 0.5) is 0 Å². The highest BCUT2D eigenvalue weighted by Gasteiger charge is 2.50. The van der Waals surface area contributed by atoms with Gasteiger partial charge in [-0.05, 0) is 30.4 Å². The summed E-state index contributed by atoms with van der Waals surface area (Å²) in [5.41, 5.74) is 1.14. The second-order valence-electron chi connectivity index (χ2n) is 8.74. The number of imide groups is 1. The number of hydrogen-bond acceptors (Lipinski definition) is 5. The molecule has 2 aliphatic rings. The van der Waals surface area contributed by atoms with Crippen molar-refractivity contribution in [3.8, 4) is 0 Å². The molecule has 6 nitrogen and oxygen atoms in total. The SMILES string of the molecule is O=C(CC[C@@H]1NC2(CCCCC2)C(=O)N(Cc2ccccc2)C1=O)OCc1ccccc1. The Morgan fingerprint density at radius 3 is 2.22 bits per heavy atom. The third-order valence-corrected chi connectivity index (χ3v) is 6.44. The van der Waals surface area contributed by atoms with Crippen molar-refractivity contribution >= 4 is 17.8 Å². The zero-order valence-electron chi connectivity index (χ0n) is 18.3. The molecule has 2 amide bonds. The van der Waals surface area contributed by atoms with Gasteiger partial charge in [-0.1, -0.05) is 79.9 Å². The van der Waals surface area contributed by atoms with Crippen LogP contribution in [0.5, 0.6) is 0 Å². The van der Waals surface area contributed by atoms with Crippen molar-refractivity contribution in [2.75, 3.05) is 0 Å². The maximum atomic E-state index is 13.4. The first-order valence-corrected chi connectivity index (χ1v) is 11.4. The minimum absolute atomic E-state index is 0.125. The van der Waals surface area contributed by atoms with E-state index in [2.05, 4.69) is 5.32 Å². The Morgan fingerprint density at radius 2 is 1.56 bits per heavy atom. The predicted molar refractivity (Wildman–Crippen MR) is 120 cm³/mol. The van der Waals surface area contributed by atoms with Gasteiger partial charge in [0.25, 0.3) is 0 Å². The summed E-state index contributed by atoms with van der Waals surface area (Å²) in [6.07, 6.45) is 4.89. The first-order chi connectivity index (χ1) is 15.6. The highest BCUT2D eigenvalue weighted by Crippen LogP contribution is 2.34. The van der Waals surface area contributed by atoms with Gasteiger partial charge in [0.2, 0.25) is 11.8 Å². The molecular weight excluding hydrogens is 404 g/mol. The van der Waals surface area contributed by atoms with Crippen molar-refractivity contribution in [3.05, 3.63) is 71.8 Å². The van der Waals surface area contributed by atoms with E-state index in [4.69, 9.17) is 4.74 Å². The number of rotatable bonds is 7. The molecule has 1 heterocycles. The summed E-state index contributed by atoms with van der Waals surface area (Å²) in [5.74, 6) is -0.729. The van der Waals surface area contributed by atoms with Gasteiger partial charge in [0.15, 0.2) is 0 Å². The molecule has 1 saturated heterocycles. The molecule has 1 N–H and O–H groups in total. The van der Waals surface area contributed by atoms with Crippen molar-refractivity contribution in [2.45, 2.75) is 69.7 Å². The van der Waals surface area contributed by atoms with Crippen LogP contribution < -0.4 is 5.32 Å². The van der Waals surface area contributed by atoms with E-state index in [1.54, 1.807) is 0 Å². The van der Waals surface area contributed by atoms with Crippen LogP contribution in [-0.4, -0.2) is 34.3 Å². The normalized spacial score (nSPS) is 20.4. The van der Waals surface area contributed by atoms with Gasteiger partial charge < -0.3 is 4.74 Å². The number of ether oxygens (including phenoxy) is 1. The van der Waals surface area contributed by atoms with E-state index < -0.39 is 11.6 Å². The Hall–Kier alpha value is -2.99. The van der Waals surface area contributed by atoms with E-state index in [9.17, 15) is 14.4 Å². The lowest BCUT2D eigenvalue weighted by molar-refractivity contribution is -0.159. The third kappa shape index (κ3) is 5.07. The summed E-state index contributed by atoms with van der Waals surface area (Å²) in [7, 11) is 0. The van der Waals surface area contributed by atoms with Crippen LogP contribution in [0.1, 0.15) is 56.1 Å². The van der Waals surface area contributed by atoms with Gasteiger partial charge in [-0.2, -0.15) is 0 Å². The Balaban J connectivity index is 1.43. The molecular formula is C26H30N2O4. The fraction of sp³-hybridized carbons (Fsp3) is 0.423. The average molecular weight is 435 g/mol. The zero-order valence-corrected chi connectivity index (χ0v) is 18.3. The fourth-order valence-electron chi connectivity index (χ4n) is 4.70. The number of amides is 2. The van der Waals surface area contributed by atoms with Crippen LogP contribution in [0.25, 0.3) is 0 Å². The van der Waals surface area contributed by atoms with Crippen LogP contribution in [0.2, 0.25) is 0 Å². The first kappa shape index (κ1) is 22.2. The van der Waals surface area contributed by atoms with E-state index in [0.717, 1.165) is 43.2 Å². The Kier molecular flexibility index (Phi) is 7.00. The first-order valence-electron chi connectivity index (χ1n) is 11.4. The lowest BCUT2D eigenvalue weighted by Crippen LogP contribution is -2.70. The third-order valence-electron chi connectivity index (χ3n) is 6.44. The summed E-state index contributed by atoms with van der Waals surface area (Å²) in [6.45, 7) is 0.477. The molecule has 0 bridgehead atoms. The fourth-order valence-corrected chi connectivity index (χ4v) is 4.70. The molecule has 32 heavy (non-hydrogen) atoms. The molecule has 1 saturated carbocycles. The smallest absolute Gasteiger partial charge is 0.306 e. The molecule has 1 atom stereocenters.